The smallest absolute Gasteiger partial charge is 0.343 e. The highest BCUT2D eigenvalue weighted by molar-refractivity contribution is 7.89. The number of para-hydroxylation sites is 1. The van der Waals surface area contributed by atoms with Gasteiger partial charge in [0.25, 0.3) is 5.91 Å². The number of esters is 1. The number of anilines is 1. The molecule has 0 spiro atoms. The Morgan fingerprint density at radius 1 is 0.939 bits per heavy atom. The predicted molar refractivity (Wildman–Crippen MR) is 127 cm³/mol. The summed E-state index contributed by atoms with van der Waals surface area (Å²) in [5, 5.41) is 2.79. The van der Waals surface area contributed by atoms with Gasteiger partial charge in [0.2, 0.25) is 10.0 Å². The van der Waals surface area contributed by atoms with E-state index in [2.05, 4.69) is 5.32 Å². The summed E-state index contributed by atoms with van der Waals surface area (Å²) in [4.78, 5) is 25.0. The molecule has 0 saturated heterocycles. The molecule has 0 heterocycles. The molecule has 0 aliphatic rings. The Balaban J connectivity index is 1.75. The number of ether oxygens (including phenoxy) is 1. The van der Waals surface area contributed by atoms with E-state index >= 15 is 0 Å². The van der Waals surface area contributed by atoms with Gasteiger partial charge in [0, 0.05) is 18.8 Å². The first-order valence-corrected chi connectivity index (χ1v) is 12.1. The van der Waals surface area contributed by atoms with Gasteiger partial charge in [-0.3, -0.25) is 4.79 Å². The number of amides is 1. The molecular formula is C24H23ClN2O5S. The van der Waals surface area contributed by atoms with E-state index in [1.165, 1.54) is 34.6 Å². The number of carbonyl (C=O) groups excluding carboxylic acids is 2. The van der Waals surface area contributed by atoms with Crippen LogP contribution in [0.25, 0.3) is 0 Å². The largest absolute Gasteiger partial charge is 0.423 e. The highest BCUT2D eigenvalue weighted by atomic mass is 35.5. The van der Waals surface area contributed by atoms with Crippen LogP contribution in [0.3, 0.4) is 0 Å². The minimum absolute atomic E-state index is 0.0141. The highest BCUT2D eigenvalue weighted by Crippen LogP contribution is 2.24. The van der Waals surface area contributed by atoms with Crippen LogP contribution < -0.4 is 10.1 Å². The number of hydrogen-bond donors (Lipinski definition) is 1. The van der Waals surface area contributed by atoms with E-state index in [0.717, 1.165) is 0 Å². The standard InChI is InChI=1S/C24H23ClN2O5S/c1-3-27(4-2)33(30,31)20-14-15-22(25)21(16-20)23(28)26-18-12-10-17(11-13-18)24(29)32-19-8-6-5-7-9-19/h5-16H,3-4H2,1-2H3,(H,26,28). The number of benzene rings is 3. The Labute approximate surface area is 198 Å². The fraction of sp³-hybridized carbons (Fsp3) is 0.167. The third-order valence-corrected chi connectivity index (χ3v) is 7.23. The van der Waals surface area contributed by atoms with Gasteiger partial charge in [0.05, 0.1) is 21.0 Å². The van der Waals surface area contributed by atoms with Crippen molar-refractivity contribution in [2.75, 3.05) is 18.4 Å². The Bertz CT molecular complexity index is 1240. The molecule has 3 aromatic rings. The van der Waals surface area contributed by atoms with Gasteiger partial charge in [-0.15, -0.1) is 0 Å². The molecule has 0 unspecified atom stereocenters. The number of nitrogens with zero attached hydrogens (tertiary/aromatic N) is 1. The Morgan fingerprint density at radius 2 is 1.58 bits per heavy atom. The second-order valence-corrected chi connectivity index (χ2v) is 9.31. The lowest BCUT2D eigenvalue weighted by Crippen LogP contribution is -2.30. The molecular weight excluding hydrogens is 464 g/mol. The van der Waals surface area contributed by atoms with Crippen molar-refractivity contribution in [3.05, 3.63) is 88.9 Å². The lowest BCUT2D eigenvalue weighted by molar-refractivity contribution is 0.0734. The number of nitrogens with one attached hydrogen (secondary N) is 1. The van der Waals surface area contributed by atoms with Gasteiger partial charge in [-0.05, 0) is 54.6 Å². The zero-order chi connectivity index (χ0) is 24.0. The van der Waals surface area contributed by atoms with Crippen LogP contribution in [0.15, 0.2) is 77.7 Å². The van der Waals surface area contributed by atoms with Crippen LogP contribution in [0, 0.1) is 0 Å². The van der Waals surface area contributed by atoms with Crippen molar-refractivity contribution >= 4 is 39.2 Å². The first kappa shape index (κ1) is 24.4. The van der Waals surface area contributed by atoms with Crippen molar-refractivity contribution < 1.29 is 22.7 Å². The molecule has 0 radical (unpaired) electrons. The third kappa shape index (κ3) is 5.78. The van der Waals surface area contributed by atoms with E-state index in [9.17, 15) is 18.0 Å². The molecule has 3 aromatic carbocycles. The molecule has 9 heteroatoms. The van der Waals surface area contributed by atoms with Crippen molar-refractivity contribution in [1.82, 2.24) is 4.31 Å². The summed E-state index contributed by atoms with van der Waals surface area (Å²) in [5.41, 5.74) is 0.740. The molecule has 1 N–H and O–H groups in total. The van der Waals surface area contributed by atoms with Crippen molar-refractivity contribution in [3.8, 4) is 5.75 Å². The van der Waals surface area contributed by atoms with Gasteiger partial charge in [0.15, 0.2) is 0 Å². The molecule has 7 nitrogen and oxygen atoms in total. The molecule has 172 valence electrons. The molecule has 1 amide bonds. The van der Waals surface area contributed by atoms with Gasteiger partial charge >= 0.3 is 5.97 Å². The SMILES string of the molecule is CCN(CC)S(=O)(=O)c1ccc(Cl)c(C(=O)Nc2ccc(C(=O)Oc3ccccc3)cc2)c1. The van der Waals surface area contributed by atoms with E-state index < -0.39 is 21.9 Å². The van der Waals surface area contributed by atoms with E-state index in [0.29, 0.717) is 30.1 Å². The van der Waals surface area contributed by atoms with E-state index in [1.807, 2.05) is 6.07 Å². The maximum absolute atomic E-state index is 12.8. The topological polar surface area (TPSA) is 92.8 Å². The zero-order valence-corrected chi connectivity index (χ0v) is 19.7. The molecule has 0 bridgehead atoms. The minimum Gasteiger partial charge on any atom is -0.423 e. The van der Waals surface area contributed by atoms with Gasteiger partial charge < -0.3 is 10.1 Å². The Morgan fingerprint density at radius 3 is 2.18 bits per heavy atom. The zero-order valence-electron chi connectivity index (χ0n) is 18.1. The molecule has 33 heavy (non-hydrogen) atoms. The predicted octanol–water partition coefficient (Wildman–Crippen LogP) is 4.84. The normalized spacial score (nSPS) is 11.3. The van der Waals surface area contributed by atoms with Crippen LogP contribution in [0.5, 0.6) is 5.75 Å². The average Bonchev–Trinajstić information content (AvgIpc) is 2.81. The van der Waals surface area contributed by atoms with Crippen LogP contribution >= 0.6 is 11.6 Å². The molecule has 0 aliphatic carbocycles. The third-order valence-electron chi connectivity index (χ3n) is 4.86. The minimum atomic E-state index is -3.74. The summed E-state index contributed by atoms with van der Waals surface area (Å²) in [5.74, 6) is -0.679. The highest BCUT2D eigenvalue weighted by Gasteiger charge is 2.24. The van der Waals surface area contributed by atoms with E-state index in [1.54, 1.807) is 50.2 Å². The maximum atomic E-state index is 12.8. The van der Waals surface area contributed by atoms with Crippen molar-refractivity contribution in [2.24, 2.45) is 0 Å². The fourth-order valence-electron chi connectivity index (χ4n) is 3.09. The second kappa shape index (κ2) is 10.6. The Kier molecular flexibility index (Phi) is 7.86. The monoisotopic (exact) mass is 486 g/mol. The maximum Gasteiger partial charge on any atom is 0.343 e. The van der Waals surface area contributed by atoms with Crippen LogP contribution in [0.1, 0.15) is 34.6 Å². The molecule has 0 aromatic heterocycles. The second-order valence-electron chi connectivity index (χ2n) is 6.97. The lowest BCUT2D eigenvalue weighted by atomic mass is 10.2. The number of hydrogen-bond acceptors (Lipinski definition) is 5. The van der Waals surface area contributed by atoms with Gasteiger partial charge in [0.1, 0.15) is 5.75 Å². The van der Waals surface area contributed by atoms with Gasteiger partial charge in [-0.2, -0.15) is 4.31 Å². The molecule has 0 saturated carbocycles. The summed E-state index contributed by atoms with van der Waals surface area (Å²) < 4.78 is 32.1. The summed E-state index contributed by atoms with van der Waals surface area (Å²) in [6, 6.07) is 18.8. The number of rotatable bonds is 8. The Hall–Kier alpha value is -3.20. The summed E-state index contributed by atoms with van der Waals surface area (Å²) in [6.07, 6.45) is 0. The fourth-order valence-corrected chi connectivity index (χ4v) is 4.78. The molecule has 0 atom stereocenters. The molecule has 3 rings (SSSR count). The summed E-state index contributed by atoms with van der Waals surface area (Å²) >= 11 is 6.17. The number of sulfonamides is 1. The van der Waals surface area contributed by atoms with Gasteiger partial charge in [-0.1, -0.05) is 43.6 Å². The quantitative estimate of drug-likeness (QED) is 0.363. The van der Waals surface area contributed by atoms with Crippen LogP contribution in [0.4, 0.5) is 5.69 Å². The van der Waals surface area contributed by atoms with E-state index in [4.69, 9.17) is 16.3 Å². The lowest BCUT2D eigenvalue weighted by Gasteiger charge is -2.19. The first-order chi connectivity index (χ1) is 15.8. The number of carbonyl (C=O) groups is 2. The summed E-state index contributed by atoms with van der Waals surface area (Å²) in [6.45, 7) is 4.10. The van der Waals surface area contributed by atoms with Gasteiger partial charge in [-0.25, -0.2) is 13.2 Å². The first-order valence-electron chi connectivity index (χ1n) is 10.2. The van der Waals surface area contributed by atoms with Crippen LogP contribution in [0.2, 0.25) is 5.02 Å². The number of halogens is 1. The summed E-state index contributed by atoms with van der Waals surface area (Å²) in [7, 11) is -3.74. The van der Waals surface area contributed by atoms with Crippen LogP contribution in [-0.2, 0) is 10.0 Å². The van der Waals surface area contributed by atoms with Crippen LogP contribution in [-0.4, -0.2) is 37.7 Å². The van der Waals surface area contributed by atoms with Crippen molar-refractivity contribution in [2.45, 2.75) is 18.7 Å². The van der Waals surface area contributed by atoms with Crippen molar-refractivity contribution in [3.63, 3.8) is 0 Å². The molecule has 0 aliphatic heterocycles. The average molecular weight is 487 g/mol. The van der Waals surface area contributed by atoms with Crippen molar-refractivity contribution in [1.29, 1.82) is 0 Å². The van der Waals surface area contributed by atoms with E-state index in [-0.39, 0.29) is 15.5 Å². The molecule has 0 fully saturated rings.